The fourth-order valence-corrected chi connectivity index (χ4v) is 4.14. The van der Waals surface area contributed by atoms with Gasteiger partial charge in [0.2, 0.25) is 17.7 Å². The smallest absolute Gasteiger partial charge is 0.243 e. The number of nitrogen functional groups attached to an aromatic ring is 1. The summed E-state index contributed by atoms with van der Waals surface area (Å²) in [4.78, 5) is 39.4. The van der Waals surface area contributed by atoms with E-state index in [1.807, 2.05) is 0 Å². The maximum absolute atomic E-state index is 12.6. The molecule has 1 aromatic heterocycles. The Morgan fingerprint density at radius 1 is 1.28 bits per heavy atom. The Balaban J connectivity index is 1.77. The van der Waals surface area contributed by atoms with Crippen molar-refractivity contribution in [3.05, 3.63) is 21.9 Å². The lowest BCUT2D eigenvalue weighted by Gasteiger charge is -2.24. The first-order valence-electron chi connectivity index (χ1n) is 10.2. The van der Waals surface area contributed by atoms with E-state index in [1.165, 1.54) is 11.3 Å². The van der Waals surface area contributed by atoms with E-state index in [4.69, 9.17) is 11.1 Å². The quantitative estimate of drug-likeness (QED) is 0.246. The third-order valence-corrected chi connectivity index (χ3v) is 5.91. The van der Waals surface area contributed by atoms with Crippen LogP contribution in [0.5, 0.6) is 0 Å². The Bertz CT molecular complexity index is 733. The van der Waals surface area contributed by atoms with Crippen molar-refractivity contribution < 1.29 is 14.4 Å². The van der Waals surface area contributed by atoms with Gasteiger partial charge in [-0.1, -0.05) is 26.2 Å². The number of thiophene rings is 1. The first-order chi connectivity index (χ1) is 13.9. The molecule has 0 saturated carbocycles. The standard InChI is InChI=1S/C20H31N5O3S/c1-2-3-4-5-8-17(26)23-12-18(27)25-9-6-7-16(25)20(28)24-11-15-10-14(13-29-15)19(21)22/h10,13,16H,2-9,11-12H2,1H3,(H3,21,22)(H,23,26)(H,24,28). The molecule has 0 bridgehead atoms. The average Bonchev–Trinajstić information content (AvgIpc) is 3.37. The van der Waals surface area contributed by atoms with E-state index in [1.54, 1.807) is 16.3 Å². The Morgan fingerprint density at radius 3 is 2.76 bits per heavy atom. The molecule has 1 aliphatic heterocycles. The van der Waals surface area contributed by atoms with Crippen LogP contribution >= 0.6 is 11.3 Å². The number of carbonyl (C=O) groups excluding carboxylic acids is 3. The van der Waals surface area contributed by atoms with Gasteiger partial charge in [0.15, 0.2) is 0 Å². The molecule has 1 aromatic rings. The minimum atomic E-state index is -0.504. The second-order valence-electron chi connectivity index (χ2n) is 7.27. The molecule has 1 atom stereocenters. The third-order valence-electron chi connectivity index (χ3n) is 4.97. The predicted octanol–water partition coefficient (Wildman–Crippen LogP) is 1.73. The Labute approximate surface area is 175 Å². The molecule has 3 amide bonds. The maximum atomic E-state index is 12.6. The van der Waals surface area contributed by atoms with Gasteiger partial charge in [0.05, 0.1) is 13.1 Å². The highest BCUT2D eigenvalue weighted by molar-refractivity contribution is 7.10. The number of amidine groups is 1. The molecule has 2 heterocycles. The van der Waals surface area contributed by atoms with Crippen LogP contribution < -0.4 is 16.4 Å². The van der Waals surface area contributed by atoms with Crippen LogP contribution in [0.2, 0.25) is 0 Å². The fourth-order valence-electron chi connectivity index (χ4n) is 3.32. The van der Waals surface area contributed by atoms with Gasteiger partial charge in [0, 0.05) is 28.8 Å². The maximum Gasteiger partial charge on any atom is 0.243 e. The molecule has 2 rings (SSSR count). The zero-order chi connectivity index (χ0) is 21.2. The molecular formula is C20H31N5O3S. The van der Waals surface area contributed by atoms with E-state index in [2.05, 4.69) is 17.6 Å². The molecule has 9 heteroatoms. The van der Waals surface area contributed by atoms with Gasteiger partial charge >= 0.3 is 0 Å². The molecular weight excluding hydrogens is 390 g/mol. The summed E-state index contributed by atoms with van der Waals surface area (Å²) in [5, 5.41) is 14.7. The van der Waals surface area contributed by atoms with E-state index < -0.39 is 6.04 Å². The number of nitrogens with two attached hydrogens (primary N) is 1. The van der Waals surface area contributed by atoms with Crippen LogP contribution in [0.15, 0.2) is 11.4 Å². The molecule has 0 radical (unpaired) electrons. The number of nitrogens with one attached hydrogen (secondary N) is 3. The van der Waals surface area contributed by atoms with E-state index in [9.17, 15) is 14.4 Å². The SMILES string of the molecule is CCCCCCC(=O)NCC(=O)N1CCCC1C(=O)NCc1cc(C(=N)N)cs1. The zero-order valence-corrected chi connectivity index (χ0v) is 17.8. The highest BCUT2D eigenvalue weighted by Crippen LogP contribution is 2.18. The summed E-state index contributed by atoms with van der Waals surface area (Å²) in [6.45, 7) is 2.91. The summed E-state index contributed by atoms with van der Waals surface area (Å²) >= 11 is 1.43. The Kier molecular flexibility index (Phi) is 9.11. The summed E-state index contributed by atoms with van der Waals surface area (Å²) in [5.74, 6) is -0.536. The average molecular weight is 422 g/mol. The molecule has 29 heavy (non-hydrogen) atoms. The first-order valence-corrected chi connectivity index (χ1v) is 11.1. The molecule has 0 aliphatic carbocycles. The number of likely N-dealkylation sites (tertiary alicyclic amines) is 1. The minimum Gasteiger partial charge on any atom is -0.384 e. The first kappa shape index (κ1) is 22.9. The fraction of sp³-hybridized carbons (Fsp3) is 0.600. The van der Waals surface area contributed by atoms with Crippen molar-refractivity contribution in [1.29, 1.82) is 5.41 Å². The van der Waals surface area contributed by atoms with E-state index in [-0.39, 0.29) is 30.1 Å². The number of amides is 3. The summed E-state index contributed by atoms with van der Waals surface area (Å²) in [5.41, 5.74) is 6.09. The van der Waals surface area contributed by atoms with E-state index in [0.29, 0.717) is 31.5 Å². The lowest BCUT2D eigenvalue weighted by Crippen LogP contribution is -2.48. The van der Waals surface area contributed by atoms with Crippen molar-refractivity contribution >= 4 is 34.9 Å². The van der Waals surface area contributed by atoms with Crippen LogP contribution in [-0.4, -0.2) is 47.6 Å². The molecule has 0 aromatic carbocycles. The molecule has 1 unspecified atom stereocenters. The largest absolute Gasteiger partial charge is 0.384 e. The number of hydrogen-bond donors (Lipinski definition) is 4. The number of rotatable bonds is 11. The van der Waals surface area contributed by atoms with Gasteiger partial charge in [-0.15, -0.1) is 11.3 Å². The van der Waals surface area contributed by atoms with Crippen LogP contribution in [0.1, 0.15) is 62.3 Å². The molecule has 8 nitrogen and oxygen atoms in total. The summed E-state index contributed by atoms with van der Waals surface area (Å²) in [7, 11) is 0. The van der Waals surface area contributed by atoms with Crippen molar-refractivity contribution in [3.63, 3.8) is 0 Å². The molecule has 5 N–H and O–H groups in total. The van der Waals surface area contributed by atoms with Gasteiger partial charge in [-0.05, 0) is 25.3 Å². The van der Waals surface area contributed by atoms with Crippen molar-refractivity contribution in [2.45, 2.75) is 64.5 Å². The molecule has 160 valence electrons. The molecule has 1 saturated heterocycles. The zero-order valence-electron chi connectivity index (χ0n) is 17.0. The highest BCUT2D eigenvalue weighted by atomic mass is 32.1. The number of carbonyl (C=O) groups is 3. The number of unbranched alkanes of at least 4 members (excludes halogenated alkanes) is 3. The van der Waals surface area contributed by atoms with Crippen molar-refractivity contribution in [2.24, 2.45) is 5.73 Å². The minimum absolute atomic E-state index is 0.00111. The second kappa shape index (κ2) is 11.5. The predicted molar refractivity (Wildman–Crippen MR) is 114 cm³/mol. The van der Waals surface area contributed by atoms with Gasteiger partial charge in [0.25, 0.3) is 0 Å². The molecule has 0 spiro atoms. The Morgan fingerprint density at radius 2 is 2.07 bits per heavy atom. The van der Waals surface area contributed by atoms with Crippen LogP contribution in [0.25, 0.3) is 0 Å². The number of hydrogen-bond acceptors (Lipinski definition) is 5. The van der Waals surface area contributed by atoms with Crippen molar-refractivity contribution in [2.75, 3.05) is 13.1 Å². The summed E-state index contributed by atoms with van der Waals surface area (Å²) < 4.78 is 0. The van der Waals surface area contributed by atoms with Crippen molar-refractivity contribution in [3.8, 4) is 0 Å². The van der Waals surface area contributed by atoms with Gasteiger partial charge < -0.3 is 21.3 Å². The molecule has 1 fully saturated rings. The summed E-state index contributed by atoms with van der Waals surface area (Å²) in [6.07, 6.45) is 5.89. The van der Waals surface area contributed by atoms with E-state index in [0.717, 1.165) is 37.0 Å². The topological polar surface area (TPSA) is 128 Å². The van der Waals surface area contributed by atoms with Gasteiger partial charge in [-0.2, -0.15) is 0 Å². The van der Waals surface area contributed by atoms with Crippen molar-refractivity contribution in [1.82, 2.24) is 15.5 Å². The van der Waals surface area contributed by atoms with Crippen LogP contribution in [0.3, 0.4) is 0 Å². The second-order valence-corrected chi connectivity index (χ2v) is 8.26. The third kappa shape index (κ3) is 7.16. The van der Waals surface area contributed by atoms with Crippen LogP contribution in [0.4, 0.5) is 0 Å². The van der Waals surface area contributed by atoms with Crippen LogP contribution in [-0.2, 0) is 20.9 Å². The lowest BCUT2D eigenvalue weighted by atomic mass is 10.1. The highest BCUT2D eigenvalue weighted by Gasteiger charge is 2.33. The molecule has 1 aliphatic rings. The van der Waals surface area contributed by atoms with E-state index >= 15 is 0 Å². The van der Waals surface area contributed by atoms with Gasteiger partial charge in [0.1, 0.15) is 11.9 Å². The number of nitrogens with zero attached hydrogens (tertiary/aromatic N) is 1. The monoisotopic (exact) mass is 421 g/mol. The Hall–Kier alpha value is -2.42. The summed E-state index contributed by atoms with van der Waals surface area (Å²) in [6, 6.07) is 1.28. The van der Waals surface area contributed by atoms with Gasteiger partial charge in [-0.25, -0.2) is 0 Å². The lowest BCUT2D eigenvalue weighted by molar-refractivity contribution is -0.138. The van der Waals surface area contributed by atoms with Gasteiger partial charge in [-0.3, -0.25) is 19.8 Å². The normalized spacial score (nSPS) is 15.9. The van der Waals surface area contributed by atoms with Crippen LogP contribution in [0, 0.1) is 5.41 Å².